The molecule has 3 rings (SSSR count). The van der Waals surface area contributed by atoms with Crippen molar-refractivity contribution < 1.29 is 19.5 Å². The Labute approximate surface area is 143 Å². The molecule has 2 aliphatic rings. The number of carbonyl (C=O) groups excluding carboxylic acids is 2. The van der Waals surface area contributed by atoms with E-state index >= 15 is 0 Å². The van der Waals surface area contributed by atoms with Gasteiger partial charge in [-0.3, -0.25) is 14.5 Å². The van der Waals surface area contributed by atoms with Crippen LogP contribution in [0.1, 0.15) is 6.92 Å². The molecule has 2 aliphatic heterocycles. The zero-order valence-corrected chi connectivity index (χ0v) is 14.3. The number of fused-ring (bicyclic) bond motifs is 1. The van der Waals surface area contributed by atoms with Crippen LogP contribution in [0.5, 0.6) is 0 Å². The molecule has 23 heavy (non-hydrogen) atoms. The standard InChI is InChI=1S/C12H12N4O4S3/c1-5-2-6(11(19)20)16-9(18)8(10(16)23-5)14-7(17)3-21-12-15-13-4-22-12/h2,4-5,8,10H,3H2,1H3,(H,14,17)(H,19,20)/t5?,8?,10-/m1/s1. The highest BCUT2D eigenvalue weighted by Gasteiger charge is 2.53. The summed E-state index contributed by atoms with van der Waals surface area (Å²) in [5.41, 5.74) is 1.56. The molecule has 122 valence electrons. The van der Waals surface area contributed by atoms with Crippen LogP contribution in [0.2, 0.25) is 0 Å². The number of thioether (sulfide) groups is 2. The molecule has 2 amide bonds. The fourth-order valence-corrected chi connectivity index (χ4v) is 4.92. The average Bonchev–Trinajstić information content (AvgIpc) is 3.03. The zero-order valence-electron chi connectivity index (χ0n) is 11.8. The van der Waals surface area contributed by atoms with Crippen LogP contribution in [-0.2, 0) is 14.4 Å². The first-order chi connectivity index (χ1) is 11.0. The van der Waals surface area contributed by atoms with Crippen molar-refractivity contribution in [2.24, 2.45) is 0 Å². The highest BCUT2D eigenvalue weighted by molar-refractivity contribution is 8.01. The lowest BCUT2D eigenvalue weighted by molar-refractivity contribution is -0.150. The minimum absolute atomic E-state index is 0.0139. The molecule has 1 fully saturated rings. The van der Waals surface area contributed by atoms with Crippen LogP contribution in [0.4, 0.5) is 0 Å². The van der Waals surface area contributed by atoms with E-state index in [2.05, 4.69) is 15.5 Å². The van der Waals surface area contributed by atoms with E-state index in [0.29, 0.717) is 4.34 Å². The van der Waals surface area contributed by atoms with Gasteiger partial charge in [0, 0.05) is 5.25 Å². The van der Waals surface area contributed by atoms with Gasteiger partial charge < -0.3 is 10.4 Å². The lowest BCUT2D eigenvalue weighted by Gasteiger charge is -2.49. The van der Waals surface area contributed by atoms with Crippen LogP contribution in [0.25, 0.3) is 0 Å². The fourth-order valence-electron chi connectivity index (χ4n) is 2.30. The molecule has 0 radical (unpaired) electrons. The van der Waals surface area contributed by atoms with E-state index in [9.17, 15) is 19.5 Å². The van der Waals surface area contributed by atoms with E-state index in [-0.39, 0.29) is 28.0 Å². The summed E-state index contributed by atoms with van der Waals surface area (Å²) in [6.45, 7) is 1.86. The Morgan fingerprint density at radius 2 is 2.30 bits per heavy atom. The van der Waals surface area contributed by atoms with Crippen molar-refractivity contribution in [2.75, 3.05) is 5.75 Å². The van der Waals surface area contributed by atoms with Crippen molar-refractivity contribution in [3.8, 4) is 0 Å². The molecular weight excluding hydrogens is 360 g/mol. The third-order valence-corrected chi connectivity index (χ3v) is 6.44. The molecule has 0 saturated carbocycles. The van der Waals surface area contributed by atoms with Crippen molar-refractivity contribution in [3.63, 3.8) is 0 Å². The van der Waals surface area contributed by atoms with Crippen molar-refractivity contribution in [1.82, 2.24) is 20.4 Å². The van der Waals surface area contributed by atoms with E-state index in [1.807, 2.05) is 6.92 Å². The zero-order chi connectivity index (χ0) is 16.6. The first-order valence-corrected chi connectivity index (χ1v) is 9.40. The largest absolute Gasteiger partial charge is 0.477 e. The molecule has 2 N–H and O–H groups in total. The highest BCUT2D eigenvalue weighted by atomic mass is 32.2. The van der Waals surface area contributed by atoms with Crippen molar-refractivity contribution in [3.05, 3.63) is 17.3 Å². The molecule has 2 unspecified atom stereocenters. The van der Waals surface area contributed by atoms with E-state index in [1.165, 1.54) is 39.8 Å². The van der Waals surface area contributed by atoms with Crippen LogP contribution < -0.4 is 5.32 Å². The molecule has 0 bridgehead atoms. The molecule has 3 heterocycles. The molecule has 1 aromatic rings. The summed E-state index contributed by atoms with van der Waals surface area (Å²) in [6, 6.07) is -0.687. The summed E-state index contributed by atoms with van der Waals surface area (Å²) in [5.74, 6) is -1.68. The van der Waals surface area contributed by atoms with Crippen molar-refractivity contribution >= 4 is 52.6 Å². The van der Waals surface area contributed by atoms with Gasteiger partial charge in [-0.15, -0.1) is 22.0 Å². The second-order valence-corrected chi connectivity index (χ2v) is 8.39. The van der Waals surface area contributed by atoms with Gasteiger partial charge in [-0.05, 0) is 13.0 Å². The SMILES string of the molecule is CC1C=C(C(=O)O)N2C(=O)C(NC(=O)CSc3nncs3)[C@H]2S1. The number of carbonyl (C=O) groups is 3. The molecule has 1 saturated heterocycles. The summed E-state index contributed by atoms with van der Waals surface area (Å²) in [5, 5.41) is 18.9. The van der Waals surface area contributed by atoms with E-state index in [4.69, 9.17) is 0 Å². The second kappa shape index (κ2) is 6.49. The number of rotatable bonds is 5. The summed E-state index contributed by atoms with van der Waals surface area (Å²) in [4.78, 5) is 36.6. The third-order valence-electron chi connectivity index (χ3n) is 3.25. The number of nitrogens with one attached hydrogen (secondary N) is 1. The number of hydrogen-bond acceptors (Lipinski definition) is 8. The van der Waals surface area contributed by atoms with E-state index < -0.39 is 17.9 Å². The molecule has 0 spiro atoms. The number of nitrogens with zero attached hydrogens (tertiary/aromatic N) is 3. The molecule has 0 aliphatic carbocycles. The number of amides is 2. The Morgan fingerprint density at radius 3 is 2.96 bits per heavy atom. The maximum atomic E-state index is 12.2. The minimum Gasteiger partial charge on any atom is -0.477 e. The minimum atomic E-state index is -1.13. The number of aromatic nitrogens is 2. The normalized spacial score (nSPS) is 26.1. The summed E-state index contributed by atoms with van der Waals surface area (Å²) >= 11 is 4.03. The van der Waals surface area contributed by atoms with Gasteiger partial charge in [-0.25, -0.2) is 4.79 Å². The quantitative estimate of drug-likeness (QED) is 0.564. The molecule has 11 heteroatoms. The maximum absolute atomic E-state index is 12.2. The predicted octanol–water partition coefficient (Wildman–Crippen LogP) is 0.387. The lowest BCUT2D eigenvalue weighted by Crippen LogP contribution is -2.70. The van der Waals surface area contributed by atoms with Gasteiger partial charge >= 0.3 is 5.97 Å². The smallest absolute Gasteiger partial charge is 0.352 e. The Hall–Kier alpha value is -1.59. The Morgan fingerprint density at radius 1 is 1.52 bits per heavy atom. The van der Waals surface area contributed by atoms with Crippen LogP contribution in [0.3, 0.4) is 0 Å². The van der Waals surface area contributed by atoms with E-state index in [1.54, 1.807) is 11.6 Å². The van der Waals surface area contributed by atoms with Crippen LogP contribution >= 0.6 is 34.9 Å². The third kappa shape index (κ3) is 3.21. The lowest BCUT2D eigenvalue weighted by atomic mass is 10.0. The number of hydrogen-bond donors (Lipinski definition) is 2. The van der Waals surface area contributed by atoms with Crippen LogP contribution in [0, 0.1) is 0 Å². The van der Waals surface area contributed by atoms with Crippen molar-refractivity contribution in [2.45, 2.75) is 27.9 Å². The molecule has 3 atom stereocenters. The number of carboxylic acid groups (broad SMARTS) is 1. The van der Waals surface area contributed by atoms with Crippen molar-refractivity contribution in [1.29, 1.82) is 0 Å². The summed E-state index contributed by atoms with van der Waals surface area (Å²) in [7, 11) is 0. The monoisotopic (exact) mass is 372 g/mol. The highest BCUT2D eigenvalue weighted by Crippen LogP contribution is 2.40. The Kier molecular flexibility index (Phi) is 4.60. The van der Waals surface area contributed by atoms with Crippen LogP contribution in [-0.4, -0.2) is 60.4 Å². The first-order valence-electron chi connectivity index (χ1n) is 6.59. The van der Waals surface area contributed by atoms with Gasteiger partial charge in [0.1, 0.15) is 22.6 Å². The molecule has 0 aromatic carbocycles. The Balaban J connectivity index is 1.60. The maximum Gasteiger partial charge on any atom is 0.352 e. The van der Waals surface area contributed by atoms with Gasteiger partial charge in [-0.2, -0.15) is 0 Å². The van der Waals surface area contributed by atoms with Gasteiger partial charge in [0.25, 0.3) is 5.91 Å². The summed E-state index contributed by atoms with van der Waals surface area (Å²) in [6.07, 6.45) is 1.55. The number of β-lactam (4-membered cyclic amide) rings is 1. The predicted molar refractivity (Wildman–Crippen MR) is 86.0 cm³/mol. The second-order valence-electron chi connectivity index (χ2n) is 4.84. The van der Waals surface area contributed by atoms with E-state index in [0.717, 1.165) is 0 Å². The first kappa shape index (κ1) is 16.3. The van der Waals surface area contributed by atoms with Gasteiger partial charge in [0.05, 0.1) is 5.75 Å². The van der Waals surface area contributed by atoms with Gasteiger partial charge in [0.2, 0.25) is 5.91 Å². The van der Waals surface area contributed by atoms with Crippen LogP contribution in [0.15, 0.2) is 21.6 Å². The number of aliphatic carboxylic acids is 1. The molecular formula is C12H12N4O4S3. The summed E-state index contributed by atoms with van der Waals surface area (Å²) < 4.78 is 0.679. The number of carboxylic acids is 1. The van der Waals surface area contributed by atoms with Gasteiger partial charge in [-0.1, -0.05) is 23.1 Å². The molecule has 1 aromatic heterocycles. The fraction of sp³-hybridized carbons (Fsp3) is 0.417. The molecule has 8 nitrogen and oxygen atoms in total. The van der Waals surface area contributed by atoms with Gasteiger partial charge in [0.15, 0.2) is 4.34 Å². The topological polar surface area (TPSA) is 112 Å². The Bertz CT molecular complexity index is 678. The average molecular weight is 372 g/mol.